The van der Waals surface area contributed by atoms with Crippen LogP contribution >= 0.6 is 11.6 Å². The summed E-state index contributed by atoms with van der Waals surface area (Å²) in [6, 6.07) is 4.12. The largest absolute Gasteiger partial charge is 0.490 e. The molecule has 2 unspecified atom stereocenters. The van der Waals surface area contributed by atoms with Crippen LogP contribution in [0.15, 0.2) is 18.5 Å². The Hall–Kier alpha value is -2.08. The van der Waals surface area contributed by atoms with Gasteiger partial charge in [-0.15, -0.1) is 5.10 Å². The van der Waals surface area contributed by atoms with Crippen molar-refractivity contribution in [2.75, 3.05) is 13.2 Å². The van der Waals surface area contributed by atoms with Crippen LogP contribution in [-0.2, 0) is 4.43 Å². The molecule has 0 spiro atoms. The highest BCUT2D eigenvalue weighted by atomic mass is 35.5. The van der Waals surface area contributed by atoms with Gasteiger partial charge in [-0.25, -0.2) is 4.98 Å². The minimum absolute atomic E-state index is 0.00721. The SMILES string of the molecule is CCOc1nn(C2CC2C#N)cc1-c1cnc(Cl)cc1O[C@@H](C)CCO[Si](C)(C)C(C)(C)C. The number of rotatable bonds is 10. The number of nitrogens with zero attached hydrogens (tertiary/aromatic N) is 4. The molecule has 2 heterocycles. The lowest BCUT2D eigenvalue weighted by Gasteiger charge is -2.36. The van der Waals surface area contributed by atoms with Crippen molar-refractivity contribution in [3.63, 3.8) is 0 Å². The maximum Gasteiger partial charge on any atom is 0.240 e. The minimum Gasteiger partial charge on any atom is -0.490 e. The van der Waals surface area contributed by atoms with E-state index in [-0.39, 0.29) is 23.1 Å². The van der Waals surface area contributed by atoms with Gasteiger partial charge in [0.25, 0.3) is 0 Å². The van der Waals surface area contributed by atoms with Gasteiger partial charge in [-0.3, -0.25) is 4.68 Å². The molecule has 1 aliphatic carbocycles. The smallest absolute Gasteiger partial charge is 0.240 e. The molecule has 2 aromatic rings. The van der Waals surface area contributed by atoms with Gasteiger partial charge in [0.1, 0.15) is 10.9 Å². The van der Waals surface area contributed by atoms with Gasteiger partial charge in [0.2, 0.25) is 5.88 Å². The van der Waals surface area contributed by atoms with E-state index in [1.54, 1.807) is 12.3 Å². The van der Waals surface area contributed by atoms with E-state index in [2.05, 4.69) is 50.0 Å². The molecule has 2 aromatic heterocycles. The average molecular weight is 491 g/mol. The Morgan fingerprint density at radius 3 is 2.67 bits per heavy atom. The molecule has 3 rings (SSSR count). The lowest BCUT2D eigenvalue weighted by Crippen LogP contribution is -2.41. The lowest BCUT2D eigenvalue weighted by molar-refractivity contribution is 0.171. The molecule has 0 aliphatic heterocycles. The van der Waals surface area contributed by atoms with E-state index in [4.69, 9.17) is 25.5 Å². The Bertz CT molecular complexity index is 1010. The molecule has 0 amide bonds. The predicted octanol–water partition coefficient (Wildman–Crippen LogP) is 6.26. The maximum absolute atomic E-state index is 9.20. The van der Waals surface area contributed by atoms with Crippen molar-refractivity contribution in [1.82, 2.24) is 14.8 Å². The van der Waals surface area contributed by atoms with Crippen molar-refractivity contribution in [3.05, 3.63) is 23.6 Å². The second-order valence-corrected chi connectivity index (χ2v) is 15.3. The molecule has 0 N–H and O–H groups in total. The Labute approximate surface area is 203 Å². The van der Waals surface area contributed by atoms with Gasteiger partial charge < -0.3 is 13.9 Å². The maximum atomic E-state index is 9.20. The Balaban J connectivity index is 1.78. The molecule has 9 heteroatoms. The van der Waals surface area contributed by atoms with Gasteiger partial charge >= 0.3 is 0 Å². The van der Waals surface area contributed by atoms with Crippen molar-refractivity contribution in [2.24, 2.45) is 5.92 Å². The molecule has 1 saturated carbocycles. The van der Waals surface area contributed by atoms with Crippen molar-refractivity contribution in [2.45, 2.75) is 77.7 Å². The fourth-order valence-corrected chi connectivity index (χ4v) is 4.48. The number of ether oxygens (including phenoxy) is 2. The third-order valence-corrected chi connectivity index (χ3v) is 11.2. The molecule has 1 aliphatic rings. The summed E-state index contributed by atoms with van der Waals surface area (Å²) in [4.78, 5) is 4.27. The summed E-state index contributed by atoms with van der Waals surface area (Å²) in [5, 5.41) is 14.3. The van der Waals surface area contributed by atoms with Crippen LogP contribution in [0.1, 0.15) is 53.5 Å². The highest BCUT2D eigenvalue weighted by Gasteiger charge is 2.40. The number of hydrogen-bond acceptors (Lipinski definition) is 6. The van der Waals surface area contributed by atoms with Gasteiger partial charge in [0.05, 0.1) is 36.3 Å². The number of pyridine rings is 1. The monoisotopic (exact) mass is 490 g/mol. The van der Waals surface area contributed by atoms with Crippen molar-refractivity contribution >= 4 is 19.9 Å². The van der Waals surface area contributed by atoms with Crippen molar-refractivity contribution < 1.29 is 13.9 Å². The number of halogens is 1. The second-order valence-electron chi connectivity index (χ2n) is 10.1. The van der Waals surface area contributed by atoms with E-state index >= 15 is 0 Å². The molecule has 0 radical (unpaired) electrons. The summed E-state index contributed by atoms with van der Waals surface area (Å²) in [7, 11) is -1.80. The second kappa shape index (κ2) is 10.0. The molecule has 3 atom stereocenters. The first-order valence-electron chi connectivity index (χ1n) is 11.5. The predicted molar refractivity (Wildman–Crippen MR) is 132 cm³/mol. The van der Waals surface area contributed by atoms with E-state index in [0.717, 1.165) is 24.0 Å². The Morgan fingerprint density at radius 2 is 2.06 bits per heavy atom. The van der Waals surface area contributed by atoms with E-state index in [9.17, 15) is 5.26 Å². The fraction of sp³-hybridized carbons (Fsp3) is 0.625. The summed E-state index contributed by atoms with van der Waals surface area (Å²) < 4.78 is 20.2. The molecule has 33 heavy (non-hydrogen) atoms. The molecule has 180 valence electrons. The van der Waals surface area contributed by atoms with Crippen LogP contribution < -0.4 is 9.47 Å². The van der Waals surface area contributed by atoms with Crippen LogP contribution in [0.3, 0.4) is 0 Å². The zero-order valence-electron chi connectivity index (χ0n) is 20.7. The topological polar surface area (TPSA) is 82.2 Å². The van der Waals surface area contributed by atoms with E-state index in [1.807, 2.05) is 24.7 Å². The van der Waals surface area contributed by atoms with Crippen molar-refractivity contribution in [1.29, 1.82) is 5.26 Å². The van der Waals surface area contributed by atoms with Crippen LogP contribution in [0, 0.1) is 17.2 Å². The first-order chi connectivity index (χ1) is 15.5. The van der Waals surface area contributed by atoms with E-state index in [0.29, 0.717) is 30.0 Å². The van der Waals surface area contributed by atoms with Gasteiger partial charge in [0, 0.05) is 37.1 Å². The van der Waals surface area contributed by atoms with Crippen molar-refractivity contribution in [3.8, 4) is 28.8 Å². The van der Waals surface area contributed by atoms with Crippen LogP contribution in [0.5, 0.6) is 11.6 Å². The standard InChI is InChI=1S/C24H35ClN4O3Si/c1-8-30-23-19(15-29(28-23)20-11-17(20)13-26)18-14-27-22(25)12-21(18)32-16(2)9-10-31-33(6,7)24(3,4)5/h12,14-17,20H,8-11H2,1-7H3/t16-,17?,20?/m0/s1. The Kier molecular flexibility index (Phi) is 7.77. The van der Waals surface area contributed by atoms with Gasteiger partial charge in [-0.1, -0.05) is 32.4 Å². The first kappa shape index (κ1) is 25.5. The highest BCUT2D eigenvalue weighted by Crippen LogP contribution is 2.45. The molecule has 1 fully saturated rings. The molecule has 0 aromatic carbocycles. The molecular weight excluding hydrogens is 456 g/mol. The summed E-state index contributed by atoms with van der Waals surface area (Å²) in [6.07, 6.45) is 5.08. The van der Waals surface area contributed by atoms with Gasteiger partial charge in [-0.05, 0) is 38.4 Å². The lowest BCUT2D eigenvalue weighted by atomic mass is 10.1. The fourth-order valence-electron chi connectivity index (χ4n) is 3.27. The minimum atomic E-state index is -1.80. The van der Waals surface area contributed by atoms with E-state index in [1.165, 1.54) is 0 Å². The third kappa shape index (κ3) is 6.08. The number of hydrogen-bond donors (Lipinski definition) is 0. The summed E-state index contributed by atoms with van der Waals surface area (Å²) in [5.41, 5.74) is 1.55. The van der Waals surface area contributed by atoms with Crippen LogP contribution in [-0.4, -0.2) is 42.4 Å². The molecule has 7 nitrogen and oxygen atoms in total. The third-order valence-electron chi connectivity index (χ3n) is 6.49. The number of aromatic nitrogens is 3. The van der Waals surface area contributed by atoms with Crippen LogP contribution in [0.2, 0.25) is 23.3 Å². The zero-order chi connectivity index (χ0) is 24.4. The Morgan fingerprint density at radius 1 is 1.33 bits per heavy atom. The van der Waals surface area contributed by atoms with Gasteiger partial charge in [-0.2, -0.15) is 5.26 Å². The molecule has 0 bridgehead atoms. The normalized spacial score (nSPS) is 19.1. The quantitative estimate of drug-likeness (QED) is 0.288. The molecular formula is C24H35ClN4O3Si. The summed E-state index contributed by atoms with van der Waals surface area (Å²) in [6.45, 7) is 16.3. The van der Waals surface area contributed by atoms with Crippen LogP contribution in [0.25, 0.3) is 11.1 Å². The molecule has 0 saturated heterocycles. The first-order valence-corrected chi connectivity index (χ1v) is 14.8. The van der Waals surface area contributed by atoms with E-state index < -0.39 is 8.32 Å². The summed E-state index contributed by atoms with van der Waals surface area (Å²) in [5.74, 6) is 1.12. The van der Waals surface area contributed by atoms with Crippen LogP contribution in [0.4, 0.5) is 0 Å². The highest BCUT2D eigenvalue weighted by molar-refractivity contribution is 6.74. The average Bonchev–Trinajstić information content (AvgIpc) is 3.40. The number of nitriles is 1. The van der Waals surface area contributed by atoms with Gasteiger partial charge in [0.15, 0.2) is 8.32 Å². The summed E-state index contributed by atoms with van der Waals surface area (Å²) >= 11 is 6.21. The zero-order valence-corrected chi connectivity index (χ0v) is 22.4.